The van der Waals surface area contributed by atoms with Crippen LogP contribution in [0.25, 0.3) is 0 Å². The van der Waals surface area contributed by atoms with Gasteiger partial charge in [0, 0.05) is 44.3 Å². The van der Waals surface area contributed by atoms with Gasteiger partial charge in [-0.05, 0) is 17.7 Å². The number of nitrogens with one attached hydrogen (secondary N) is 1. The van der Waals surface area contributed by atoms with Gasteiger partial charge < -0.3 is 5.32 Å². The van der Waals surface area contributed by atoms with Gasteiger partial charge in [0.15, 0.2) is 5.13 Å². The first kappa shape index (κ1) is 17.3. The summed E-state index contributed by atoms with van der Waals surface area (Å²) in [6.45, 7) is 4.47. The van der Waals surface area contributed by atoms with Gasteiger partial charge in [-0.2, -0.15) is 0 Å². The van der Waals surface area contributed by atoms with Gasteiger partial charge in [-0.1, -0.05) is 17.7 Å². The summed E-state index contributed by atoms with van der Waals surface area (Å²) in [5, 5.41) is 5.41. The number of nitrogens with zero attached hydrogens (tertiary/aromatic N) is 3. The first-order valence-corrected chi connectivity index (χ1v) is 8.94. The van der Waals surface area contributed by atoms with Crippen molar-refractivity contribution in [1.82, 2.24) is 14.8 Å². The van der Waals surface area contributed by atoms with E-state index in [2.05, 4.69) is 20.1 Å². The number of amides is 1. The number of hydrogen-bond donors (Lipinski definition) is 1. The maximum absolute atomic E-state index is 13.2. The zero-order chi connectivity index (χ0) is 16.9. The van der Waals surface area contributed by atoms with Gasteiger partial charge in [0.1, 0.15) is 5.82 Å². The normalized spacial score (nSPS) is 16.2. The third-order valence-corrected chi connectivity index (χ3v) is 4.88. The molecule has 1 saturated heterocycles. The molecule has 1 aromatic carbocycles. The molecule has 2 heterocycles. The third-order valence-electron chi connectivity index (χ3n) is 3.90. The van der Waals surface area contributed by atoms with Crippen molar-refractivity contribution in [2.24, 2.45) is 0 Å². The van der Waals surface area contributed by atoms with E-state index in [4.69, 9.17) is 11.6 Å². The topological polar surface area (TPSA) is 48.5 Å². The van der Waals surface area contributed by atoms with Gasteiger partial charge >= 0.3 is 0 Å². The summed E-state index contributed by atoms with van der Waals surface area (Å²) >= 11 is 7.23. The Bertz CT molecular complexity index is 689. The standard InChI is InChI=1S/C16H18ClFN4OS/c17-13-9-12(1-2-14(13)18)10-21-4-6-22(7-5-21)11-15(23)20-16-19-3-8-24-16/h1-3,8-9H,4-7,10-11H2,(H,19,20,23). The minimum absolute atomic E-state index is 0.0382. The predicted octanol–water partition coefficient (Wildman–Crippen LogP) is 2.69. The number of carbonyl (C=O) groups excluding carboxylic acids is 1. The molecule has 0 unspecified atom stereocenters. The average Bonchev–Trinajstić information content (AvgIpc) is 3.06. The molecule has 0 saturated carbocycles. The fourth-order valence-corrected chi connectivity index (χ4v) is 3.40. The van der Waals surface area contributed by atoms with Crippen molar-refractivity contribution in [2.45, 2.75) is 6.54 Å². The largest absolute Gasteiger partial charge is 0.301 e. The van der Waals surface area contributed by atoms with Crippen LogP contribution in [0.15, 0.2) is 29.8 Å². The number of anilines is 1. The number of rotatable bonds is 5. The minimum Gasteiger partial charge on any atom is -0.301 e. The highest BCUT2D eigenvalue weighted by atomic mass is 35.5. The molecule has 1 aromatic heterocycles. The molecule has 1 amide bonds. The Labute approximate surface area is 149 Å². The van der Waals surface area contributed by atoms with Crippen molar-refractivity contribution in [3.63, 3.8) is 0 Å². The van der Waals surface area contributed by atoms with Crippen LogP contribution in [0.1, 0.15) is 5.56 Å². The van der Waals surface area contributed by atoms with Crippen molar-refractivity contribution in [3.05, 3.63) is 46.2 Å². The molecule has 3 rings (SSSR count). The molecule has 0 atom stereocenters. The van der Waals surface area contributed by atoms with Crippen molar-refractivity contribution >= 4 is 34.0 Å². The summed E-state index contributed by atoms with van der Waals surface area (Å²) in [7, 11) is 0. The van der Waals surface area contributed by atoms with E-state index in [1.54, 1.807) is 18.3 Å². The van der Waals surface area contributed by atoms with Crippen LogP contribution in [0, 0.1) is 5.82 Å². The monoisotopic (exact) mass is 368 g/mol. The molecule has 128 valence electrons. The Hall–Kier alpha value is -1.54. The molecule has 24 heavy (non-hydrogen) atoms. The van der Waals surface area contributed by atoms with E-state index < -0.39 is 5.82 Å². The van der Waals surface area contributed by atoms with Crippen molar-refractivity contribution in [2.75, 3.05) is 38.0 Å². The van der Waals surface area contributed by atoms with E-state index in [0.717, 1.165) is 38.3 Å². The summed E-state index contributed by atoms with van der Waals surface area (Å²) < 4.78 is 13.2. The van der Waals surface area contributed by atoms with Crippen LogP contribution < -0.4 is 5.32 Å². The Morgan fingerprint density at radius 1 is 1.29 bits per heavy atom. The molecule has 8 heteroatoms. The maximum Gasteiger partial charge on any atom is 0.240 e. The highest BCUT2D eigenvalue weighted by molar-refractivity contribution is 7.13. The minimum atomic E-state index is -0.392. The molecular formula is C16H18ClFN4OS. The number of benzene rings is 1. The smallest absolute Gasteiger partial charge is 0.240 e. The van der Waals surface area contributed by atoms with Crippen molar-refractivity contribution in [3.8, 4) is 0 Å². The molecule has 0 radical (unpaired) electrons. The van der Waals surface area contributed by atoms with E-state index in [9.17, 15) is 9.18 Å². The van der Waals surface area contributed by atoms with Crippen molar-refractivity contribution in [1.29, 1.82) is 0 Å². The Balaban J connectivity index is 1.43. The van der Waals surface area contributed by atoms with E-state index in [1.165, 1.54) is 17.4 Å². The van der Waals surface area contributed by atoms with Crippen LogP contribution in [-0.4, -0.2) is 53.4 Å². The molecule has 5 nitrogen and oxygen atoms in total. The fraction of sp³-hybridized carbons (Fsp3) is 0.375. The van der Waals surface area contributed by atoms with Crippen LogP contribution in [0.2, 0.25) is 5.02 Å². The number of aromatic nitrogens is 1. The molecule has 0 aliphatic carbocycles. The Morgan fingerprint density at radius 2 is 2.04 bits per heavy atom. The lowest BCUT2D eigenvalue weighted by atomic mass is 10.2. The highest BCUT2D eigenvalue weighted by Gasteiger charge is 2.19. The number of carbonyl (C=O) groups is 1. The average molecular weight is 369 g/mol. The summed E-state index contributed by atoms with van der Waals surface area (Å²) in [5.41, 5.74) is 0.997. The number of halogens is 2. The second-order valence-corrected chi connectivity index (χ2v) is 6.99. The lowest BCUT2D eigenvalue weighted by Gasteiger charge is -2.34. The van der Waals surface area contributed by atoms with Crippen LogP contribution in [0.5, 0.6) is 0 Å². The molecule has 0 spiro atoms. The molecular weight excluding hydrogens is 351 g/mol. The van der Waals surface area contributed by atoms with Crippen molar-refractivity contribution < 1.29 is 9.18 Å². The van der Waals surface area contributed by atoms with E-state index in [-0.39, 0.29) is 10.9 Å². The summed E-state index contributed by atoms with van der Waals surface area (Å²) in [6.07, 6.45) is 1.67. The predicted molar refractivity (Wildman–Crippen MR) is 93.9 cm³/mol. The van der Waals surface area contributed by atoms with E-state index >= 15 is 0 Å². The second kappa shape index (κ2) is 8.02. The number of hydrogen-bond acceptors (Lipinski definition) is 5. The Morgan fingerprint density at radius 3 is 2.71 bits per heavy atom. The molecule has 1 N–H and O–H groups in total. The Kier molecular flexibility index (Phi) is 5.78. The molecule has 0 bridgehead atoms. The quantitative estimate of drug-likeness (QED) is 0.881. The lowest BCUT2D eigenvalue weighted by Crippen LogP contribution is -2.48. The van der Waals surface area contributed by atoms with Crippen LogP contribution in [-0.2, 0) is 11.3 Å². The SMILES string of the molecule is O=C(CN1CCN(Cc2ccc(F)c(Cl)c2)CC1)Nc1nccs1. The van der Waals surface area contributed by atoms with Gasteiger partial charge in [-0.15, -0.1) is 11.3 Å². The van der Waals surface area contributed by atoms with Gasteiger partial charge in [0.05, 0.1) is 11.6 Å². The first-order valence-electron chi connectivity index (χ1n) is 7.68. The number of piperazine rings is 1. The van der Waals surface area contributed by atoms with Crippen LogP contribution in [0.4, 0.5) is 9.52 Å². The summed E-state index contributed by atoms with van der Waals surface area (Å²) in [4.78, 5) is 20.4. The fourth-order valence-electron chi connectivity index (χ4n) is 2.65. The zero-order valence-corrected chi connectivity index (χ0v) is 14.6. The molecule has 2 aromatic rings. The molecule has 1 aliphatic rings. The summed E-state index contributed by atoms with van der Waals surface area (Å²) in [6, 6.07) is 4.83. The van der Waals surface area contributed by atoms with Gasteiger partial charge in [-0.25, -0.2) is 9.37 Å². The number of thiazole rings is 1. The highest BCUT2D eigenvalue weighted by Crippen LogP contribution is 2.18. The first-order chi connectivity index (χ1) is 11.6. The lowest BCUT2D eigenvalue weighted by molar-refractivity contribution is -0.117. The van der Waals surface area contributed by atoms with Crippen LogP contribution >= 0.6 is 22.9 Å². The zero-order valence-electron chi connectivity index (χ0n) is 13.0. The molecule has 1 aliphatic heterocycles. The maximum atomic E-state index is 13.2. The van der Waals surface area contributed by atoms with Crippen LogP contribution in [0.3, 0.4) is 0 Å². The second-order valence-electron chi connectivity index (χ2n) is 5.69. The summed E-state index contributed by atoms with van der Waals surface area (Å²) in [5.74, 6) is -0.430. The van der Waals surface area contributed by atoms with Gasteiger partial charge in [0.2, 0.25) is 5.91 Å². The molecule has 1 fully saturated rings. The van der Waals surface area contributed by atoms with E-state index in [0.29, 0.717) is 11.7 Å². The van der Waals surface area contributed by atoms with Gasteiger partial charge in [0.25, 0.3) is 0 Å². The van der Waals surface area contributed by atoms with E-state index in [1.807, 2.05) is 5.38 Å². The third kappa shape index (κ3) is 4.73. The van der Waals surface area contributed by atoms with Gasteiger partial charge in [-0.3, -0.25) is 14.6 Å².